The second-order valence-electron chi connectivity index (χ2n) is 8.20. The van der Waals surface area contributed by atoms with Crippen LogP contribution in [0.25, 0.3) is 0 Å². The summed E-state index contributed by atoms with van der Waals surface area (Å²) in [5, 5.41) is 13.5. The highest BCUT2D eigenvalue weighted by atomic mass is 16.5. The van der Waals surface area contributed by atoms with Gasteiger partial charge in [-0.2, -0.15) is 0 Å². The maximum atomic E-state index is 13.7. The van der Waals surface area contributed by atoms with E-state index in [0.717, 1.165) is 51.5 Å². The molecular weight excluding hydrogens is 388 g/mol. The summed E-state index contributed by atoms with van der Waals surface area (Å²) in [6, 6.07) is 17.9. The molecule has 0 aliphatic carbocycles. The Labute approximate surface area is 182 Å². The van der Waals surface area contributed by atoms with Gasteiger partial charge >= 0.3 is 0 Å². The Kier molecular flexibility index (Phi) is 4.52. The molecule has 0 aromatic heterocycles. The van der Waals surface area contributed by atoms with E-state index < -0.39 is 5.54 Å². The van der Waals surface area contributed by atoms with Gasteiger partial charge in [0.15, 0.2) is 0 Å². The smallest absolute Gasteiger partial charge is 0.255 e. The third-order valence-electron chi connectivity index (χ3n) is 6.36. The van der Waals surface area contributed by atoms with Crippen LogP contribution in [0, 0.1) is 13.8 Å². The van der Waals surface area contributed by atoms with E-state index in [0.29, 0.717) is 5.56 Å². The minimum atomic E-state index is -0.880. The molecule has 5 nitrogen and oxygen atoms in total. The van der Waals surface area contributed by atoms with Crippen LogP contribution in [0.4, 0.5) is 5.69 Å². The van der Waals surface area contributed by atoms with Gasteiger partial charge in [0.25, 0.3) is 5.91 Å². The second-order valence-corrected chi connectivity index (χ2v) is 8.20. The number of benzene rings is 3. The molecule has 3 aromatic carbocycles. The predicted molar refractivity (Wildman–Crippen MR) is 121 cm³/mol. The number of aliphatic hydroxyl groups is 1. The number of aryl methyl sites for hydroxylation is 2. The number of aliphatic hydroxyl groups excluding tert-OH is 1. The highest BCUT2D eigenvalue weighted by Gasteiger charge is 2.57. The van der Waals surface area contributed by atoms with Crippen LogP contribution in [0.3, 0.4) is 0 Å². The van der Waals surface area contributed by atoms with E-state index in [1.54, 1.807) is 0 Å². The number of carbonyl (C=O) groups is 1. The van der Waals surface area contributed by atoms with Crippen molar-refractivity contribution in [2.75, 3.05) is 25.0 Å². The first-order valence-corrected chi connectivity index (χ1v) is 10.7. The highest BCUT2D eigenvalue weighted by Crippen LogP contribution is 2.59. The number of ether oxygens (including phenoxy) is 1. The number of β-amino-alcohol motifs (C(OH)–C–C–N with tert-alkyl or cyclic N) is 1. The van der Waals surface area contributed by atoms with E-state index >= 15 is 0 Å². The van der Waals surface area contributed by atoms with E-state index in [9.17, 15) is 9.90 Å². The van der Waals surface area contributed by atoms with Gasteiger partial charge in [-0.15, -0.1) is 0 Å². The highest BCUT2D eigenvalue weighted by molar-refractivity contribution is 6.03. The second kappa shape index (κ2) is 7.13. The average molecular weight is 415 g/mol. The molecule has 2 heterocycles. The summed E-state index contributed by atoms with van der Waals surface area (Å²) in [7, 11) is 0. The zero-order valence-corrected chi connectivity index (χ0v) is 18.0. The molecule has 0 radical (unpaired) electrons. The van der Waals surface area contributed by atoms with Crippen molar-refractivity contribution in [2.45, 2.75) is 26.3 Å². The van der Waals surface area contributed by atoms with Crippen LogP contribution in [0.15, 0.2) is 54.6 Å². The normalized spacial score (nSPS) is 18.5. The first-order chi connectivity index (χ1) is 15.0. The Morgan fingerprint density at radius 3 is 2.58 bits per heavy atom. The fourth-order valence-electron chi connectivity index (χ4n) is 5.16. The average Bonchev–Trinajstić information content (AvgIpc) is 3.01. The Morgan fingerprint density at radius 2 is 1.81 bits per heavy atom. The molecule has 2 aliphatic heterocycles. The van der Waals surface area contributed by atoms with Crippen molar-refractivity contribution >= 4 is 11.6 Å². The molecule has 2 N–H and O–H groups in total. The summed E-state index contributed by atoms with van der Waals surface area (Å²) in [4.78, 5) is 15.5. The molecule has 2 aliphatic rings. The number of hydrogen-bond acceptors (Lipinski definition) is 4. The lowest BCUT2D eigenvalue weighted by atomic mass is 9.73. The van der Waals surface area contributed by atoms with Crippen LogP contribution < -0.4 is 10.1 Å². The van der Waals surface area contributed by atoms with E-state index in [4.69, 9.17) is 4.74 Å². The van der Waals surface area contributed by atoms with Crippen molar-refractivity contribution in [1.82, 2.24) is 4.90 Å². The number of rotatable bonds is 4. The number of anilines is 1. The van der Waals surface area contributed by atoms with Crippen LogP contribution in [-0.4, -0.2) is 35.6 Å². The summed E-state index contributed by atoms with van der Waals surface area (Å²) in [6.45, 7) is 7.01. The molecule has 1 amide bonds. The Bertz CT molecular complexity index is 1200. The van der Waals surface area contributed by atoms with Gasteiger partial charge in [-0.3, -0.25) is 4.79 Å². The van der Waals surface area contributed by atoms with Crippen LogP contribution in [-0.2, 0) is 5.54 Å². The first-order valence-electron chi connectivity index (χ1n) is 10.7. The SMILES string of the molecule is CCNc1c(C)ccc2c1C1(c3cc(C)ccc3O2)c2ccccc2C(=O)N1CCO. The summed E-state index contributed by atoms with van der Waals surface area (Å²) in [5.41, 5.74) is 5.71. The molecule has 0 saturated carbocycles. The number of amides is 1. The largest absolute Gasteiger partial charge is 0.456 e. The molecule has 0 bridgehead atoms. The molecule has 31 heavy (non-hydrogen) atoms. The van der Waals surface area contributed by atoms with Crippen molar-refractivity contribution in [3.63, 3.8) is 0 Å². The maximum absolute atomic E-state index is 13.7. The van der Waals surface area contributed by atoms with Crippen LogP contribution in [0.1, 0.15) is 45.1 Å². The zero-order valence-electron chi connectivity index (χ0n) is 18.0. The van der Waals surface area contributed by atoms with E-state index in [1.807, 2.05) is 60.4 Å². The quantitative estimate of drug-likeness (QED) is 0.656. The van der Waals surface area contributed by atoms with Gasteiger partial charge < -0.3 is 20.1 Å². The van der Waals surface area contributed by atoms with Gasteiger partial charge in [0, 0.05) is 29.9 Å². The molecular formula is C26H26N2O3. The Hall–Kier alpha value is -3.31. The van der Waals surface area contributed by atoms with E-state index in [1.165, 1.54) is 0 Å². The lowest BCUT2D eigenvalue weighted by Gasteiger charge is -2.45. The standard InChI is InChI=1S/C26H26N2O3/c1-4-27-24-17(3)10-12-22-23(24)26(20-15-16(2)9-11-21(20)31-22)19-8-6-5-7-18(19)25(30)28(26)13-14-29/h5-12,15,27,29H,4,13-14H2,1-3H3. The minimum Gasteiger partial charge on any atom is -0.456 e. The number of nitrogens with one attached hydrogen (secondary N) is 1. The summed E-state index contributed by atoms with van der Waals surface area (Å²) >= 11 is 0. The number of nitrogens with zero attached hydrogens (tertiary/aromatic N) is 1. The van der Waals surface area contributed by atoms with Gasteiger partial charge in [0.05, 0.1) is 12.2 Å². The molecule has 1 unspecified atom stereocenters. The molecule has 5 heteroatoms. The van der Waals surface area contributed by atoms with Gasteiger partial charge in [-0.25, -0.2) is 0 Å². The Morgan fingerprint density at radius 1 is 1.03 bits per heavy atom. The van der Waals surface area contributed by atoms with Crippen molar-refractivity contribution in [1.29, 1.82) is 0 Å². The van der Waals surface area contributed by atoms with Crippen molar-refractivity contribution in [3.8, 4) is 11.5 Å². The summed E-state index contributed by atoms with van der Waals surface area (Å²) in [6.07, 6.45) is 0. The molecule has 5 rings (SSSR count). The maximum Gasteiger partial charge on any atom is 0.255 e. The van der Waals surface area contributed by atoms with Crippen LogP contribution >= 0.6 is 0 Å². The van der Waals surface area contributed by atoms with Gasteiger partial charge in [0.2, 0.25) is 0 Å². The van der Waals surface area contributed by atoms with Gasteiger partial charge in [0.1, 0.15) is 17.0 Å². The lowest BCUT2D eigenvalue weighted by molar-refractivity contribution is 0.0616. The monoisotopic (exact) mass is 414 g/mol. The molecule has 1 atom stereocenters. The summed E-state index contributed by atoms with van der Waals surface area (Å²) in [5.74, 6) is 1.39. The Balaban J connectivity index is 1.98. The van der Waals surface area contributed by atoms with E-state index in [2.05, 4.69) is 25.2 Å². The first kappa shape index (κ1) is 19.6. The van der Waals surface area contributed by atoms with Crippen molar-refractivity contribution in [2.24, 2.45) is 0 Å². The van der Waals surface area contributed by atoms with E-state index in [-0.39, 0.29) is 19.1 Å². The third-order valence-corrected chi connectivity index (χ3v) is 6.36. The fraction of sp³-hybridized carbons (Fsp3) is 0.269. The summed E-state index contributed by atoms with van der Waals surface area (Å²) < 4.78 is 6.40. The molecule has 0 fully saturated rings. The lowest BCUT2D eigenvalue weighted by Crippen LogP contribution is -2.49. The van der Waals surface area contributed by atoms with Crippen molar-refractivity contribution in [3.05, 3.63) is 88.0 Å². The minimum absolute atomic E-state index is 0.0751. The fourth-order valence-corrected chi connectivity index (χ4v) is 5.16. The van der Waals surface area contributed by atoms with Crippen LogP contribution in [0.2, 0.25) is 0 Å². The topological polar surface area (TPSA) is 61.8 Å². The molecule has 158 valence electrons. The molecule has 0 saturated heterocycles. The number of carbonyl (C=O) groups excluding carboxylic acids is 1. The third kappa shape index (κ3) is 2.56. The molecule has 3 aromatic rings. The number of fused-ring (bicyclic) bond motifs is 6. The van der Waals surface area contributed by atoms with Gasteiger partial charge in [-0.1, -0.05) is 35.9 Å². The number of hydrogen-bond donors (Lipinski definition) is 2. The van der Waals surface area contributed by atoms with Crippen LogP contribution in [0.5, 0.6) is 11.5 Å². The molecule has 1 spiro atoms. The predicted octanol–water partition coefficient (Wildman–Crippen LogP) is 4.58. The van der Waals surface area contributed by atoms with Crippen molar-refractivity contribution < 1.29 is 14.6 Å². The van der Waals surface area contributed by atoms with Gasteiger partial charge in [-0.05, 0) is 56.2 Å². The zero-order chi connectivity index (χ0) is 21.8.